The number of methoxy groups -OCH3 is 1. The first-order chi connectivity index (χ1) is 9.02. The average molecular weight is 317 g/mol. The van der Waals surface area contributed by atoms with Crippen LogP contribution in [0, 0.1) is 0 Å². The summed E-state index contributed by atoms with van der Waals surface area (Å²) < 4.78 is 4.64. The zero-order valence-corrected chi connectivity index (χ0v) is 12.1. The summed E-state index contributed by atoms with van der Waals surface area (Å²) in [5.41, 5.74) is 1.68. The first-order valence-corrected chi connectivity index (χ1v) is 6.35. The molecule has 0 fully saturated rings. The minimum atomic E-state index is -0.542. The van der Waals surface area contributed by atoms with Crippen LogP contribution in [0.4, 0.5) is 0 Å². The fraction of sp³-hybridized carbons (Fsp3) is 0.0769. The summed E-state index contributed by atoms with van der Waals surface area (Å²) in [5, 5.41) is 0.977. The molecule has 0 saturated carbocycles. The van der Waals surface area contributed by atoms with Gasteiger partial charge in [-0.3, -0.25) is 0 Å². The monoisotopic (exact) mass is 315 g/mol. The molecule has 0 aliphatic rings. The summed E-state index contributed by atoms with van der Waals surface area (Å²) in [4.78, 5) is 15.5. The molecule has 2 aromatic rings. The maximum atomic E-state index is 11.5. The summed E-state index contributed by atoms with van der Waals surface area (Å²) in [5.74, 6) is -0.542. The molecule has 0 atom stereocenters. The summed E-state index contributed by atoms with van der Waals surface area (Å²) in [7, 11) is 1.28. The molecule has 0 saturated heterocycles. The van der Waals surface area contributed by atoms with Crippen molar-refractivity contribution >= 4 is 40.8 Å². The number of hydrogen-bond donors (Lipinski definition) is 0. The molecule has 3 nitrogen and oxygen atoms in total. The van der Waals surface area contributed by atoms with E-state index >= 15 is 0 Å². The zero-order chi connectivity index (χ0) is 14.0. The average Bonchev–Trinajstić information content (AvgIpc) is 2.41. The number of hydrogen-bond acceptors (Lipinski definition) is 3. The summed E-state index contributed by atoms with van der Waals surface area (Å²) in [6.07, 6.45) is 1.55. The lowest BCUT2D eigenvalue weighted by molar-refractivity contribution is 0.0600. The number of esters is 1. The van der Waals surface area contributed by atoms with E-state index in [-0.39, 0.29) is 10.7 Å². The van der Waals surface area contributed by atoms with Gasteiger partial charge in [0, 0.05) is 11.8 Å². The van der Waals surface area contributed by atoms with Crippen molar-refractivity contribution in [3.8, 4) is 11.1 Å². The molecule has 0 aliphatic carbocycles. The Labute approximate surface area is 125 Å². The van der Waals surface area contributed by atoms with Crippen LogP contribution >= 0.6 is 34.8 Å². The van der Waals surface area contributed by atoms with Crippen molar-refractivity contribution in [3.05, 3.63) is 51.2 Å². The molecule has 0 bridgehead atoms. The van der Waals surface area contributed by atoms with Crippen LogP contribution in [-0.2, 0) is 4.74 Å². The molecular weight excluding hydrogens is 309 g/mol. The number of rotatable bonds is 2. The lowest BCUT2D eigenvalue weighted by Gasteiger charge is -2.06. The van der Waals surface area contributed by atoms with Gasteiger partial charge in [0.2, 0.25) is 0 Å². The highest BCUT2D eigenvalue weighted by atomic mass is 35.5. The number of aromatic nitrogens is 1. The van der Waals surface area contributed by atoms with Crippen LogP contribution in [0.15, 0.2) is 30.5 Å². The second kappa shape index (κ2) is 5.78. The molecule has 0 N–H and O–H groups in total. The van der Waals surface area contributed by atoms with E-state index in [0.29, 0.717) is 15.6 Å². The fourth-order valence-electron chi connectivity index (χ4n) is 1.53. The number of pyridine rings is 1. The van der Waals surface area contributed by atoms with Crippen LogP contribution in [0.3, 0.4) is 0 Å². The molecule has 0 amide bonds. The van der Waals surface area contributed by atoms with Gasteiger partial charge in [0.1, 0.15) is 5.15 Å². The number of nitrogens with zero attached hydrogens (tertiary/aromatic N) is 1. The Morgan fingerprint density at radius 3 is 2.47 bits per heavy atom. The van der Waals surface area contributed by atoms with Gasteiger partial charge in [-0.1, -0.05) is 40.9 Å². The molecular formula is C13H8Cl3NO2. The van der Waals surface area contributed by atoms with Crippen LogP contribution in [0.25, 0.3) is 11.1 Å². The van der Waals surface area contributed by atoms with Crippen molar-refractivity contribution < 1.29 is 9.53 Å². The van der Waals surface area contributed by atoms with Gasteiger partial charge < -0.3 is 4.74 Å². The van der Waals surface area contributed by atoms with Gasteiger partial charge >= 0.3 is 5.97 Å². The normalized spacial score (nSPS) is 10.3. The predicted octanol–water partition coefficient (Wildman–Crippen LogP) is 4.50. The third kappa shape index (κ3) is 3.00. The van der Waals surface area contributed by atoms with Crippen LogP contribution in [0.1, 0.15) is 10.4 Å². The van der Waals surface area contributed by atoms with E-state index in [1.165, 1.54) is 7.11 Å². The van der Waals surface area contributed by atoms with Crippen molar-refractivity contribution in [2.24, 2.45) is 0 Å². The Balaban J connectivity index is 2.51. The summed E-state index contributed by atoms with van der Waals surface area (Å²) in [6.45, 7) is 0. The third-order valence-corrected chi connectivity index (χ3v) is 3.54. The van der Waals surface area contributed by atoms with Crippen molar-refractivity contribution in [2.45, 2.75) is 0 Å². The van der Waals surface area contributed by atoms with E-state index in [0.717, 1.165) is 5.56 Å². The lowest BCUT2D eigenvalue weighted by Crippen LogP contribution is -2.03. The van der Waals surface area contributed by atoms with Gasteiger partial charge in [0.25, 0.3) is 0 Å². The van der Waals surface area contributed by atoms with Crippen molar-refractivity contribution in [2.75, 3.05) is 7.11 Å². The largest absolute Gasteiger partial charge is 0.465 e. The minimum absolute atomic E-state index is 0.0932. The molecule has 19 heavy (non-hydrogen) atoms. The maximum Gasteiger partial charge on any atom is 0.341 e. The molecule has 1 aromatic heterocycles. The third-order valence-electron chi connectivity index (χ3n) is 2.50. The van der Waals surface area contributed by atoms with Gasteiger partial charge in [-0.15, -0.1) is 0 Å². The van der Waals surface area contributed by atoms with Gasteiger partial charge in [0.15, 0.2) is 0 Å². The summed E-state index contributed by atoms with van der Waals surface area (Å²) in [6, 6.07) is 6.74. The standard InChI is InChI=1S/C13H8Cl3NO2/c1-19-13(18)9-4-8(6-17-12(9)16)7-2-3-10(14)11(15)5-7/h2-6H,1H3. The second-order valence-corrected chi connectivity index (χ2v) is 4.86. The van der Waals surface area contributed by atoms with Gasteiger partial charge in [-0.05, 0) is 23.8 Å². The first kappa shape index (κ1) is 14.1. The molecule has 1 heterocycles. The molecule has 0 unspecified atom stereocenters. The zero-order valence-electron chi connectivity index (χ0n) is 9.78. The predicted molar refractivity (Wildman–Crippen MR) is 76.0 cm³/mol. The topological polar surface area (TPSA) is 39.2 Å². The highest BCUT2D eigenvalue weighted by molar-refractivity contribution is 6.42. The van der Waals surface area contributed by atoms with E-state index in [1.807, 2.05) is 0 Å². The van der Waals surface area contributed by atoms with Crippen LogP contribution in [0.2, 0.25) is 15.2 Å². The number of benzene rings is 1. The molecule has 0 radical (unpaired) electrons. The Morgan fingerprint density at radius 2 is 1.84 bits per heavy atom. The quantitative estimate of drug-likeness (QED) is 0.605. The number of carbonyl (C=O) groups excluding carboxylic acids is 1. The van der Waals surface area contributed by atoms with Crippen molar-refractivity contribution in [3.63, 3.8) is 0 Å². The van der Waals surface area contributed by atoms with E-state index in [1.54, 1.807) is 30.5 Å². The van der Waals surface area contributed by atoms with Gasteiger partial charge in [-0.25, -0.2) is 9.78 Å². The Hall–Kier alpha value is -1.29. The van der Waals surface area contributed by atoms with E-state index in [2.05, 4.69) is 9.72 Å². The molecule has 2 rings (SSSR count). The molecule has 6 heteroatoms. The molecule has 0 spiro atoms. The van der Waals surface area contributed by atoms with E-state index < -0.39 is 5.97 Å². The second-order valence-electron chi connectivity index (χ2n) is 3.68. The fourth-order valence-corrected chi connectivity index (χ4v) is 2.01. The smallest absolute Gasteiger partial charge is 0.341 e. The Kier molecular flexibility index (Phi) is 4.30. The number of halogens is 3. The van der Waals surface area contributed by atoms with Crippen molar-refractivity contribution in [1.29, 1.82) is 0 Å². The maximum absolute atomic E-state index is 11.5. The molecule has 0 aliphatic heterocycles. The summed E-state index contributed by atoms with van der Waals surface area (Å²) >= 11 is 17.7. The van der Waals surface area contributed by atoms with Crippen molar-refractivity contribution in [1.82, 2.24) is 4.98 Å². The lowest BCUT2D eigenvalue weighted by atomic mass is 10.1. The highest BCUT2D eigenvalue weighted by Gasteiger charge is 2.13. The van der Waals surface area contributed by atoms with Gasteiger partial charge in [-0.2, -0.15) is 0 Å². The minimum Gasteiger partial charge on any atom is -0.465 e. The molecule has 98 valence electrons. The number of ether oxygens (including phenoxy) is 1. The van der Waals surface area contributed by atoms with Crippen LogP contribution in [-0.4, -0.2) is 18.1 Å². The number of carbonyl (C=O) groups is 1. The Bertz CT molecular complexity index is 644. The van der Waals surface area contributed by atoms with Crippen LogP contribution < -0.4 is 0 Å². The van der Waals surface area contributed by atoms with Crippen LogP contribution in [0.5, 0.6) is 0 Å². The van der Waals surface area contributed by atoms with E-state index in [9.17, 15) is 4.79 Å². The molecule has 1 aromatic carbocycles. The highest BCUT2D eigenvalue weighted by Crippen LogP contribution is 2.29. The Morgan fingerprint density at radius 1 is 1.11 bits per heavy atom. The first-order valence-electron chi connectivity index (χ1n) is 5.22. The van der Waals surface area contributed by atoms with E-state index in [4.69, 9.17) is 34.8 Å². The SMILES string of the molecule is COC(=O)c1cc(-c2ccc(Cl)c(Cl)c2)cnc1Cl. The van der Waals surface area contributed by atoms with Gasteiger partial charge in [0.05, 0.1) is 22.7 Å².